The fourth-order valence-electron chi connectivity index (χ4n) is 4.37. The largest absolute Gasteiger partial charge is 0.367 e. The third kappa shape index (κ3) is 2.54. The smallest absolute Gasteiger partial charge is 0.287 e. The molecule has 4 atom stereocenters. The first-order valence-corrected chi connectivity index (χ1v) is 9.14. The summed E-state index contributed by atoms with van der Waals surface area (Å²) < 4.78 is 6.06. The van der Waals surface area contributed by atoms with E-state index in [-0.39, 0.29) is 24.0 Å². The number of ether oxygens (including phenoxy) is 1. The Kier molecular flexibility index (Phi) is 3.75. The van der Waals surface area contributed by atoms with Crippen molar-refractivity contribution in [2.45, 2.75) is 11.7 Å². The number of anilines is 2. The first kappa shape index (κ1) is 17.5. The van der Waals surface area contributed by atoms with Crippen LogP contribution < -0.4 is 10.2 Å². The maximum absolute atomic E-state index is 13.2. The van der Waals surface area contributed by atoms with Crippen LogP contribution in [0, 0.1) is 22.0 Å². The summed E-state index contributed by atoms with van der Waals surface area (Å²) in [5.41, 5.74) is -0.520. The Bertz CT molecular complexity index is 1040. The van der Waals surface area contributed by atoms with Crippen LogP contribution in [0.15, 0.2) is 60.8 Å². The van der Waals surface area contributed by atoms with Crippen LogP contribution in [-0.2, 0) is 14.3 Å². The van der Waals surface area contributed by atoms with Crippen LogP contribution in [0.3, 0.4) is 0 Å². The molecule has 1 N–H and O–H groups in total. The molecule has 2 amide bonds. The van der Waals surface area contributed by atoms with Crippen LogP contribution in [-0.4, -0.2) is 40.0 Å². The first-order chi connectivity index (χ1) is 14.0. The molecule has 0 radical (unpaired) electrons. The van der Waals surface area contributed by atoms with E-state index >= 15 is 0 Å². The average Bonchev–Trinajstić information content (AvgIpc) is 3.38. The number of carbonyl (C=O) groups excluding carboxylic acids is 2. The number of pyridine rings is 1. The van der Waals surface area contributed by atoms with Gasteiger partial charge in [-0.3, -0.25) is 19.7 Å². The highest BCUT2D eigenvalue weighted by Crippen LogP contribution is 2.52. The van der Waals surface area contributed by atoms with E-state index in [0.717, 1.165) is 6.20 Å². The molecule has 3 aliphatic rings. The number of benzene rings is 1. The van der Waals surface area contributed by atoms with Crippen molar-refractivity contribution in [3.05, 3.63) is 70.9 Å². The Balaban J connectivity index is 1.40. The predicted molar refractivity (Wildman–Crippen MR) is 102 cm³/mol. The molecule has 2 aromatic rings. The number of rotatable bonds is 5. The number of nitrogens with one attached hydrogen (secondary N) is 1. The summed E-state index contributed by atoms with van der Waals surface area (Å²) in [6, 6.07) is 11.7. The zero-order valence-electron chi connectivity index (χ0n) is 15.1. The highest BCUT2D eigenvalue weighted by molar-refractivity contribution is 6.23. The van der Waals surface area contributed by atoms with Crippen LogP contribution in [0.2, 0.25) is 0 Å². The summed E-state index contributed by atoms with van der Waals surface area (Å²) in [6.45, 7) is 0.216. The van der Waals surface area contributed by atoms with Gasteiger partial charge in [0.25, 0.3) is 5.69 Å². The van der Waals surface area contributed by atoms with Gasteiger partial charge in [-0.1, -0.05) is 30.4 Å². The van der Waals surface area contributed by atoms with Gasteiger partial charge in [0.05, 0.1) is 28.6 Å². The van der Waals surface area contributed by atoms with Gasteiger partial charge in [-0.2, -0.15) is 0 Å². The fourth-order valence-corrected chi connectivity index (χ4v) is 4.37. The number of nitro groups is 1. The Morgan fingerprint density at radius 2 is 1.97 bits per heavy atom. The van der Waals surface area contributed by atoms with Gasteiger partial charge in [-0.15, -0.1) is 0 Å². The van der Waals surface area contributed by atoms with Gasteiger partial charge in [0.1, 0.15) is 17.6 Å². The molecule has 0 aliphatic carbocycles. The van der Waals surface area contributed by atoms with E-state index in [0.29, 0.717) is 11.5 Å². The Labute approximate surface area is 165 Å². The molecule has 1 aromatic carbocycles. The van der Waals surface area contributed by atoms with Crippen molar-refractivity contribution in [2.24, 2.45) is 11.8 Å². The quantitative estimate of drug-likeness (QED) is 0.358. The number of fused-ring (bicyclic) bond motifs is 5. The summed E-state index contributed by atoms with van der Waals surface area (Å²) >= 11 is 0. The van der Waals surface area contributed by atoms with Crippen molar-refractivity contribution >= 4 is 29.0 Å². The molecule has 0 saturated carbocycles. The highest BCUT2D eigenvalue weighted by atomic mass is 16.6. The van der Waals surface area contributed by atoms with Crippen molar-refractivity contribution in [3.63, 3.8) is 0 Å². The van der Waals surface area contributed by atoms with E-state index in [9.17, 15) is 19.7 Å². The van der Waals surface area contributed by atoms with Crippen molar-refractivity contribution in [2.75, 3.05) is 16.8 Å². The van der Waals surface area contributed by atoms with E-state index in [2.05, 4.69) is 10.3 Å². The topological polar surface area (TPSA) is 115 Å². The molecule has 4 heterocycles. The minimum Gasteiger partial charge on any atom is -0.367 e. The zero-order chi connectivity index (χ0) is 20.2. The zero-order valence-corrected chi connectivity index (χ0v) is 15.1. The molecule has 2 bridgehead atoms. The molecule has 2 saturated heterocycles. The van der Waals surface area contributed by atoms with Crippen molar-refractivity contribution in [1.29, 1.82) is 0 Å². The lowest BCUT2D eigenvalue weighted by Crippen LogP contribution is -2.45. The lowest BCUT2D eigenvalue weighted by molar-refractivity contribution is -0.385. The summed E-state index contributed by atoms with van der Waals surface area (Å²) in [6.07, 6.45) is 4.37. The molecule has 146 valence electrons. The summed E-state index contributed by atoms with van der Waals surface area (Å²) in [7, 11) is 0. The summed E-state index contributed by atoms with van der Waals surface area (Å²) in [5, 5.41) is 13.8. The molecule has 9 heteroatoms. The minimum atomic E-state index is -0.963. The van der Waals surface area contributed by atoms with Gasteiger partial charge in [0.15, 0.2) is 0 Å². The number of imide groups is 1. The Morgan fingerprint density at radius 1 is 1.17 bits per heavy atom. The third-order valence-corrected chi connectivity index (χ3v) is 5.67. The number of para-hydroxylation sites is 1. The van der Waals surface area contributed by atoms with Gasteiger partial charge in [-0.25, -0.2) is 9.88 Å². The van der Waals surface area contributed by atoms with Gasteiger partial charge < -0.3 is 10.1 Å². The van der Waals surface area contributed by atoms with Crippen LogP contribution in [0.5, 0.6) is 0 Å². The van der Waals surface area contributed by atoms with Crippen LogP contribution >= 0.6 is 0 Å². The first-order valence-electron chi connectivity index (χ1n) is 9.14. The van der Waals surface area contributed by atoms with Gasteiger partial charge in [0, 0.05) is 12.6 Å². The second kappa shape index (κ2) is 6.21. The van der Waals surface area contributed by atoms with Crippen LogP contribution in [0.1, 0.15) is 0 Å². The van der Waals surface area contributed by atoms with E-state index in [4.69, 9.17) is 4.74 Å². The molecular formula is C20H16N4O5. The lowest BCUT2D eigenvalue weighted by Gasteiger charge is -2.29. The number of hydrogen-bond donors (Lipinski definition) is 1. The van der Waals surface area contributed by atoms with Crippen molar-refractivity contribution in [3.8, 4) is 0 Å². The minimum absolute atomic E-state index is 0.109. The molecular weight excluding hydrogens is 376 g/mol. The van der Waals surface area contributed by atoms with E-state index in [1.165, 1.54) is 17.0 Å². The summed E-state index contributed by atoms with van der Waals surface area (Å²) in [4.78, 5) is 41.7. The number of nitrogens with zero attached hydrogens (tertiary/aromatic N) is 3. The van der Waals surface area contributed by atoms with E-state index < -0.39 is 28.5 Å². The monoisotopic (exact) mass is 392 g/mol. The standard InChI is InChI=1S/C20H16N4O5/c25-18-16-14-8-9-20(29-14,11-22-15-7-6-13(10-21-15)24(27)28)17(16)19(26)23(18)12-4-2-1-3-5-12/h1-10,14,16-17H,11H2,(H,21,22)/t14-,16+,17-,20+/m1/s1. The van der Waals surface area contributed by atoms with Gasteiger partial charge >= 0.3 is 0 Å². The molecule has 0 unspecified atom stereocenters. The number of carbonyl (C=O) groups is 2. The highest BCUT2D eigenvalue weighted by Gasteiger charge is 2.67. The molecule has 5 rings (SSSR count). The van der Waals surface area contributed by atoms with Crippen molar-refractivity contribution < 1.29 is 19.2 Å². The number of amides is 2. The van der Waals surface area contributed by atoms with Gasteiger partial charge in [-0.05, 0) is 18.2 Å². The van der Waals surface area contributed by atoms with Crippen LogP contribution in [0.25, 0.3) is 0 Å². The third-order valence-electron chi connectivity index (χ3n) is 5.67. The maximum atomic E-state index is 13.2. The predicted octanol–water partition coefficient (Wildman–Crippen LogP) is 1.91. The number of aromatic nitrogens is 1. The average molecular weight is 392 g/mol. The fraction of sp³-hybridized carbons (Fsp3) is 0.250. The molecule has 9 nitrogen and oxygen atoms in total. The molecule has 2 fully saturated rings. The Morgan fingerprint density at radius 3 is 2.66 bits per heavy atom. The lowest BCUT2D eigenvalue weighted by atomic mass is 9.77. The second-order valence-electron chi connectivity index (χ2n) is 7.26. The normalized spacial score (nSPS) is 29.4. The second-order valence-corrected chi connectivity index (χ2v) is 7.26. The molecule has 1 aromatic heterocycles. The molecule has 29 heavy (non-hydrogen) atoms. The van der Waals surface area contributed by atoms with E-state index in [1.807, 2.05) is 18.2 Å². The molecule has 0 spiro atoms. The maximum Gasteiger partial charge on any atom is 0.287 e. The molecule has 3 aliphatic heterocycles. The SMILES string of the molecule is O=C1[C@H]2[C@H]3C=C[C@@](CNc4ccc([N+](=O)[O-])cn4)(O3)[C@H]2C(=O)N1c1ccccc1. The van der Waals surface area contributed by atoms with Crippen molar-refractivity contribution in [1.82, 2.24) is 4.98 Å². The van der Waals surface area contributed by atoms with E-state index in [1.54, 1.807) is 24.3 Å². The number of hydrogen-bond acceptors (Lipinski definition) is 7. The van der Waals surface area contributed by atoms with Gasteiger partial charge in [0.2, 0.25) is 11.8 Å². The van der Waals surface area contributed by atoms with Crippen LogP contribution in [0.4, 0.5) is 17.2 Å². The summed E-state index contributed by atoms with van der Waals surface area (Å²) in [5.74, 6) is -1.30. The Hall–Kier alpha value is -3.59.